The van der Waals surface area contributed by atoms with E-state index in [0.717, 1.165) is 17.3 Å². The summed E-state index contributed by atoms with van der Waals surface area (Å²) in [6.07, 6.45) is 1.52. The topological polar surface area (TPSA) is 112 Å². The highest BCUT2D eigenvalue weighted by atomic mass is 32.2. The van der Waals surface area contributed by atoms with Crippen molar-refractivity contribution < 1.29 is 14.6 Å². The van der Waals surface area contributed by atoms with Gasteiger partial charge in [-0.25, -0.2) is 9.78 Å². The van der Waals surface area contributed by atoms with E-state index in [2.05, 4.69) is 21.3 Å². The van der Waals surface area contributed by atoms with E-state index in [9.17, 15) is 15.2 Å². The molecule has 3 rings (SSSR count). The van der Waals surface area contributed by atoms with Gasteiger partial charge in [-0.1, -0.05) is 36.4 Å². The van der Waals surface area contributed by atoms with E-state index < -0.39 is 5.97 Å². The first-order chi connectivity index (χ1) is 13.6. The molecular weight excluding hydrogens is 376 g/mol. The number of ether oxygens (including phenoxy) is 1. The number of nitriles is 1. The number of hydrogen-bond acceptors (Lipinski definition) is 6. The predicted molar refractivity (Wildman–Crippen MR) is 105 cm³/mol. The second-order valence-electron chi connectivity index (χ2n) is 5.71. The lowest BCUT2D eigenvalue weighted by molar-refractivity contribution is -0.131. The van der Waals surface area contributed by atoms with E-state index in [4.69, 9.17) is 4.74 Å². The summed E-state index contributed by atoms with van der Waals surface area (Å²) in [4.78, 5) is 15.8. The fourth-order valence-corrected chi connectivity index (χ4v) is 3.13. The molecule has 7 nitrogen and oxygen atoms in total. The second-order valence-corrected chi connectivity index (χ2v) is 6.72. The third-order valence-corrected chi connectivity index (χ3v) is 4.59. The number of hydrogen-bond donors (Lipinski definition) is 2. The highest BCUT2D eigenvalue weighted by molar-refractivity contribution is 8.04. The molecule has 0 unspecified atom stereocenters. The van der Waals surface area contributed by atoms with Crippen LogP contribution in [-0.2, 0) is 11.4 Å². The Morgan fingerprint density at radius 3 is 2.75 bits per heavy atom. The maximum atomic E-state index is 11.7. The average molecular weight is 392 g/mol. The van der Waals surface area contributed by atoms with Crippen molar-refractivity contribution in [2.45, 2.75) is 18.7 Å². The van der Waals surface area contributed by atoms with Gasteiger partial charge in [0.1, 0.15) is 23.1 Å². The summed E-state index contributed by atoms with van der Waals surface area (Å²) in [5, 5.41) is 25.7. The molecule has 0 aliphatic heterocycles. The number of aryl methyl sites for hydroxylation is 1. The zero-order valence-electron chi connectivity index (χ0n) is 14.9. The Morgan fingerprint density at radius 1 is 1.29 bits per heavy atom. The highest BCUT2D eigenvalue weighted by Crippen LogP contribution is 2.29. The summed E-state index contributed by atoms with van der Waals surface area (Å²) in [6.45, 7) is 1.94. The Balaban J connectivity index is 1.84. The molecule has 28 heavy (non-hydrogen) atoms. The summed E-state index contributed by atoms with van der Waals surface area (Å²) >= 11 is 0.951. The van der Waals surface area contributed by atoms with Crippen molar-refractivity contribution in [3.8, 4) is 11.8 Å². The SMILES string of the molecule is Cc1nc(SC(=Cc2ccccc2OCc2ccccc2C#N)C(=O)O)n[nH]1. The first kappa shape index (κ1) is 19.2. The van der Waals surface area contributed by atoms with Gasteiger partial charge in [-0.05, 0) is 36.9 Å². The van der Waals surface area contributed by atoms with Crippen LogP contribution in [0.1, 0.15) is 22.5 Å². The molecule has 0 radical (unpaired) electrons. The Bertz CT molecular complexity index is 1070. The molecule has 0 amide bonds. The number of carbonyl (C=O) groups is 1. The number of aromatic amines is 1. The minimum Gasteiger partial charge on any atom is -0.488 e. The van der Waals surface area contributed by atoms with Gasteiger partial charge in [0.25, 0.3) is 0 Å². The fraction of sp³-hybridized carbons (Fsp3) is 0.100. The van der Waals surface area contributed by atoms with Crippen molar-refractivity contribution in [1.82, 2.24) is 15.2 Å². The van der Waals surface area contributed by atoms with Crippen LogP contribution in [0, 0.1) is 18.3 Å². The van der Waals surface area contributed by atoms with Crippen molar-refractivity contribution >= 4 is 23.8 Å². The lowest BCUT2D eigenvalue weighted by Crippen LogP contribution is -2.01. The third-order valence-electron chi connectivity index (χ3n) is 3.72. The molecule has 0 atom stereocenters. The molecule has 0 aliphatic carbocycles. The summed E-state index contributed by atoms with van der Waals surface area (Å²) in [7, 11) is 0. The van der Waals surface area contributed by atoms with E-state index in [0.29, 0.717) is 27.9 Å². The quantitative estimate of drug-likeness (QED) is 0.465. The molecule has 3 aromatic rings. The van der Waals surface area contributed by atoms with Gasteiger partial charge in [0, 0.05) is 11.1 Å². The Hall–Kier alpha value is -3.57. The zero-order chi connectivity index (χ0) is 19.9. The lowest BCUT2D eigenvalue weighted by Gasteiger charge is -2.11. The molecule has 0 fully saturated rings. The minimum absolute atomic E-state index is 0.0625. The van der Waals surface area contributed by atoms with Crippen LogP contribution in [0.5, 0.6) is 5.75 Å². The van der Waals surface area contributed by atoms with Crippen LogP contribution < -0.4 is 4.74 Å². The maximum Gasteiger partial charge on any atom is 0.342 e. The van der Waals surface area contributed by atoms with Crippen LogP contribution in [0.15, 0.2) is 58.6 Å². The molecule has 0 bridgehead atoms. The first-order valence-corrected chi connectivity index (χ1v) is 9.10. The molecule has 140 valence electrons. The number of aromatic nitrogens is 3. The van der Waals surface area contributed by atoms with Crippen molar-refractivity contribution in [1.29, 1.82) is 5.26 Å². The van der Waals surface area contributed by atoms with E-state index in [1.165, 1.54) is 6.08 Å². The molecule has 0 spiro atoms. The van der Waals surface area contributed by atoms with Crippen LogP contribution in [-0.4, -0.2) is 26.3 Å². The number of carboxylic acids is 1. The van der Waals surface area contributed by atoms with Gasteiger partial charge in [0.15, 0.2) is 0 Å². The number of nitrogens with zero attached hydrogens (tertiary/aromatic N) is 3. The fourth-order valence-electron chi connectivity index (χ4n) is 2.38. The van der Waals surface area contributed by atoms with Gasteiger partial charge in [0.05, 0.1) is 11.6 Å². The summed E-state index contributed by atoms with van der Waals surface area (Å²) < 4.78 is 5.87. The van der Waals surface area contributed by atoms with Crippen molar-refractivity contribution in [3.63, 3.8) is 0 Å². The standard InChI is InChI=1S/C20H16N4O3S/c1-13-22-20(24-23-13)28-18(19(25)26)10-14-6-4-5-9-17(14)27-12-16-8-3-2-7-15(16)11-21/h2-10H,12H2,1H3,(H,25,26)(H,22,23,24). The van der Waals surface area contributed by atoms with Gasteiger partial charge in [-0.15, -0.1) is 5.10 Å². The largest absolute Gasteiger partial charge is 0.488 e. The molecule has 2 aromatic carbocycles. The number of aliphatic carboxylic acids is 1. The molecular formula is C20H16N4O3S. The Kier molecular flexibility index (Phi) is 6.09. The minimum atomic E-state index is -1.09. The van der Waals surface area contributed by atoms with Gasteiger partial charge in [-0.2, -0.15) is 5.26 Å². The maximum absolute atomic E-state index is 11.7. The van der Waals surface area contributed by atoms with Crippen LogP contribution >= 0.6 is 11.8 Å². The van der Waals surface area contributed by atoms with E-state index in [1.54, 1.807) is 43.3 Å². The van der Waals surface area contributed by atoms with Gasteiger partial charge in [0.2, 0.25) is 5.16 Å². The van der Waals surface area contributed by atoms with Crippen molar-refractivity contribution in [3.05, 3.63) is 76.0 Å². The summed E-state index contributed by atoms with van der Waals surface area (Å²) in [5.74, 6) is 0.0324. The smallest absolute Gasteiger partial charge is 0.342 e. The number of para-hydroxylation sites is 1. The molecule has 0 aliphatic rings. The monoisotopic (exact) mass is 392 g/mol. The number of rotatable bonds is 7. The van der Waals surface area contributed by atoms with Crippen LogP contribution in [0.2, 0.25) is 0 Å². The van der Waals surface area contributed by atoms with Gasteiger partial charge >= 0.3 is 5.97 Å². The van der Waals surface area contributed by atoms with Gasteiger partial charge in [-0.3, -0.25) is 5.10 Å². The first-order valence-electron chi connectivity index (χ1n) is 8.28. The van der Waals surface area contributed by atoms with Gasteiger partial charge < -0.3 is 9.84 Å². The van der Waals surface area contributed by atoms with E-state index >= 15 is 0 Å². The summed E-state index contributed by atoms with van der Waals surface area (Å²) in [5.41, 5.74) is 1.90. The Morgan fingerprint density at radius 2 is 2.04 bits per heavy atom. The number of H-pyrrole nitrogens is 1. The lowest BCUT2D eigenvalue weighted by atomic mass is 10.1. The van der Waals surface area contributed by atoms with Crippen LogP contribution in [0.3, 0.4) is 0 Å². The second kappa shape index (κ2) is 8.88. The number of thioether (sulfide) groups is 1. The normalized spacial score (nSPS) is 11.1. The van der Waals surface area contributed by atoms with E-state index in [-0.39, 0.29) is 11.5 Å². The molecule has 1 aromatic heterocycles. The molecule has 0 saturated carbocycles. The predicted octanol–water partition coefficient (Wildman–Crippen LogP) is 3.78. The zero-order valence-corrected chi connectivity index (χ0v) is 15.7. The summed E-state index contributed by atoms with van der Waals surface area (Å²) in [6, 6.07) is 16.4. The molecule has 0 saturated heterocycles. The average Bonchev–Trinajstić information content (AvgIpc) is 3.11. The number of carboxylic acid groups (broad SMARTS) is 1. The molecule has 8 heteroatoms. The third kappa shape index (κ3) is 4.78. The molecule has 1 heterocycles. The highest BCUT2D eigenvalue weighted by Gasteiger charge is 2.14. The number of benzene rings is 2. The Labute approximate surface area is 165 Å². The van der Waals surface area contributed by atoms with Crippen molar-refractivity contribution in [2.24, 2.45) is 0 Å². The van der Waals surface area contributed by atoms with Crippen LogP contribution in [0.25, 0.3) is 6.08 Å². The van der Waals surface area contributed by atoms with E-state index in [1.807, 2.05) is 12.1 Å². The van der Waals surface area contributed by atoms with Crippen molar-refractivity contribution in [2.75, 3.05) is 0 Å². The van der Waals surface area contributed by atoms with Crippen LogP contribution in [0.4, 0.5) is 0 Å². The number of nitrogens with one attached hydrogen (secondary N) is 1. The molecule has 2 N–H and O–H groups in total.